The second kappa shape index (κ2) is 5.10. The summed E-state index contributed by atoms with van der Waals surface area (Å²) >= 11 is 6.07. The highest BCUT2D eigenvalue weighted by atomic mass is 35.5. The first-order valence-electron chi connectivity index (χ1n) is 6.20. The summed E-state index contributed by atoms with van der Waals surface area (Å²) < 4.78 is 6.11. The molecule has 0 aliphatic heterocycles. The van der Waals surface area contributed by atoms with Crippen LogP contribution in [0.4, 0.5) is 0 Å². The Hall–Kier alpha value is -2.53. The third kappa shape index (κ3) is 2.21. The molecule has 1 aromatic heterocycles. The van der Waals surface area contributed by atoms with Crippen LogP contribution in [0.5, 0.6) is 5.75 Å². The standard InChI is InChI=1S/C15H11ClN2O3/c1-21-10-7-5-9(6-8-10)18-14(19)13-11(16)3-2-4-12(13)17-15(18)20/h2-8H,1H3,(H,17,20). The molecule has 0 amide bonds. The van der Waals surface area contributed by atoms with Crippen LogP contribution in [-0.4, -0.2) is 16.7 Å². The van der Waals surface area contributed by atoms with Crippen LogP contribution >= 0.6 is 11.6 Å². The smallest absolute Gasteiger partial charge is 0.333 e. The lowest BCUT2D eigenvalue weighted by molar-refractivity contribution is 0.414. The number of aromatic nitrogens is 2. The van der Waals surface area contributed by atoms with E-state index >= 15 is 0 Å². The predicted molar refractivity (Wildman–Crippen MR) is 81.7 cm³/mol. The summed E-state index contributed by atoms with van der Waals surface area (Å²) in [6.45, 7) is 0. The Morgan fingerprint density at radius 1 is 1.10 bits per heavy atom. The van der Waals surface area contributed by atoms with Gasteiger partial charge in [-0.05, 0) is 36.4 Å². The van der Waals surface area contributed by atoms with Crippen molar-refractivity contribution in [3.05, 3.63) is 68.3 Å². The molecule has 0 atom stereocenters. The number of ether oxygens (including phenoxy) is 1. The predicted octanol–water partition coefficient (Wildman–Crippen LogP) is 2.34. The van der Waals surface area contributed by atoms with Crippen LogP contribution in [-0.2, 0) is 0 Å². The van der Waals surface area contributed by atoms with E-state index in [-0.39, 0.29) is 5.39 Å². The van der Waals surface area contributed by atoms with Gasteiger partial charge >= 0.3 is 5.69 Å². The zero-order valence-corrected chi connectivity index (χ0v) is 11.8. The first-order chi connectivity index (χ1) is 10.1. The number of fused-ring (bicyclic) bond motifs is 1. The highest BCUT2D eigenvalue weighted by molar-refractivity contribution is 6.35. The molecular formula is C15H11ClN2O3. The van der Waals surface area contributed by atoms with E-state index in [2.05, 4.69) is 4.98 Å². The maximum Gasteiger partial charge on any atom is 0.333 e. The minimum atomic E-state index is -0.514. The van der Waals surface area contributed by atoms with Crippen molar-refractivity contribution >= 4 is 22.5 Å². The van der Waals surface area contributed by atoms with E-state index in [0.717, 1.165) is 4.57 Å². The number of rotatable bonds is 2. The highest BCUT2D eigenvalue weighted by Gasteiger charge is 2.11. The van der Waals surface area contributed by atoms with Crippen LogP contribution < -0.4 is 16.0 Å². The first-order valence-corrected chi connectivity index (χ1v) is 6.57. The highest BCUT2D eigenvalue weighted by Crippen LogP contribution is 2.18. The van der Waals surface area contributed by atoms with E-state index in [0.29, 0.717) is 22.0 Å². The summed E-state index contributed by atoms with van der Waals surface area (Å²) in [5.74, 6) is 0.641. The van der Waals surface area contributed by atoms with Gasteiger partial charge in [0.05, 0.1) is 28.7 Å². The van der Waals surface area contributed by atoms with Gasteiger partial charge in [-0.25, -0.2) is 9.36 Å². The normalized spacial score (nSPS) is 10.8. The summed E-state index contributed by atoms with van der Waals surface area (Å²) in [5, 5.41) is 0.589. The van der Waals surface area contributed by atoms with Crippen LogP contribution in [0, 0.1) is 0 Å². The number of hydrogen-bond donors (Lipinski definition) is 1. The van der Waals surface area contributed by atoms with Crippen molar-refractivity contribution in [3.8, 4) is 11.4 Å². The van der Waals surface area contributed by atoms with E-state index in [1.54, 1.807) is 49.6 Å². The lowest BCUT2D eigenvalue weighted by Crippen LogP contribution is -2.33. The molecule has 3 aromatic rings. The van der Waals surface area contributed by atoms with Gasteiger partial charge in [0.2, 0.25) is 0 Å². The Labute approximate surface area is 124 Å². The Kier molecular flexibility index (Phi) is 3.27. The monoisotopic (exact) mass is 302 g/mol. The number of aromatic amines is 1. The van der Waals surface area contributed by atoms with Crippen LogP contribution in [0.2, 0.25) is 5.02 Å². The number of H-pyrrole nitrogens is 1. The molecule has 1 heterocycles. The number of benzene rings is 2. The lowest BCUT2D eigenvalue weighted by atomic mass is 10.2. The molecule has 0 saturated heterocycles. The van der Waals surface area contributed by atoms with Crippen LogP contribution in [0.15, 0.2) is 52.1 Å². The molecule has 3 rings (SSSR count). The van der Waals surface area contributed by atoms with Crippen molar-refractivity contribution in [1.29, 1.82) is 0 Å². The molecule has 0 aliphatic carbocycles. The fourth-order valence-electron chi connectivity index (χ4n) is 2.19. The summed E-state index contributed by atoms with van der Waals surface area (Å²) in [6, 6.07) is 11.6. The maximum atomic E-state index is 12.6. The van der Waals surface area contributed by atoms with Crippen LogP contribution in [0.3, 0.4) is 0 Å². The summed E-state index contributed by atoms with van der Waals surface area (Å²) in [5.41, 5.74) is -0.101. The van der Waals surface area contributed by atoms with E-state index in [4.69, 9.17) is 16.3 Å². The fraction of sp³-hybridized carbons (Fsp3) is 0.0667. The number of methoxy groups -OCH3 is 1. The van der Waals surface area contributed by atoms with Crippen molar-refractivity contribution in [2.45, 2.75) is 0 Å². The lowest BCUT2D eigenvalue weighted by Gasteiger charge is -2.08. The molecule has 6 heteroatoms. The van der Waals surface area contributed by atoms with Gasteiger partial charge in [0.1, 0.15) is 5.75 Å². The molecular weight excluding hydrogens is 292 g/mol. The van der Waals surface area contributed by atoms with Crippen LogP contribution in [0.1, 0.15) is 0 Å². The van der Waals surface area contributed by atoms with Crippen LogP contribution in [0.25, 0.3) is 16.6 Å². The zero-order valence-electron chi connectivity index (χ0n) is 11.1. The summed E-state index contributed by atoms with van der Waals surface area (Å²) in [4.78, 5) is 27.4. The summed E-state index contributed by atoms with van der Waals surface area (Å²) in [6.07, 6.45) is 0. The van der Waals surface area contributed by atoms with Crippen molar-refractivity contribution in [1.82, 2.24) is 9.55 Å². The molecule has 106 valence electrons. The topological polar surface area (TPSA) is 64.1 Å². The van der Waals surface area contributed by atoms with Gasteiger partial charge in [0, 0.05) is 0 Å². The first kappa shape index (κ1) is 13.5. The van der Waals surface area contributed by atoms with E-state index < -0.39 is 11.2 Å². The molecule has 0 unspecified atom stereocenters. The van der Waals surface area contributed by atoms with Gasteiger partial charge in [0.15, 0.2) is 0 Å². The number of hydrogen-bond acceptors (Lipinski definition) is 3. The van der Waals surface area contributed by atoms with Crippen molar-refractivity contribution in [3.63, 3.8) is 0 Å². The molecule has 0 saturated carbocycles. The molecule has 0 radical (unpaired) electrons. The molecule has 0 spiro atoms. The summed E-state index contributed by atoms with van der Waals surface area (Å²) in [7, 11) is 1.55. The Bertz CT molecular complexity index is 926. The number of nitrogens with one attached hydrogen (secondary N) is 1. The SMILES string of the molecule is COc1ccc(-n2c(=O)[nH]c3cccc(Cl)c3c2=O)cc1. The minimum Gasteiger partial charge on any atom is -0.497 e. The van der Waals surface area contributed by atoms with E-state index in [9.17, 15) is 9.59 Å². The Morgan fingerprint density at radius 3 is 2.48 bits per heavy atom. The van der Waals surface area contributed by atoms with Gasteiger partial charge in [-0.2, -0.15) is 0 Å². The fourth-order valence-corrected chi connectivity index (χ4v) is 2.44. The average Bonchev–Trinajstić information content (AvgIpc) is 2.47. The molecule has 0 fully saturated rings. The maximum absolute atomic E-state index is 12.6. The van der Waals surface area contributed by atoms with E-state index in [1.807, 2.05) is 0 Å². The van der Waals surface area contributed by atoms with Crippen molar-refractivity contribution in [2.24, 2.45) is 0 Å². The third-order valence-electron chi connectivity index (χ3n) is 3.21. The van der Waals surface area contributed by atoms with Gasteiger partial charge in [-0.1, -0.05) is 17.7 Å². The molecule has 5 nitrogen and oxygen atoms in total. The van der Waals surface area contributed by atoms with Crippen molar-refractivity contribution < 1.29 is 4.74 Å². The van der Waals surface area contributed by atoms with Gasteiger partial charge in [-0.3, -0.25) is 4.79 Å². The molecule has 2 aromatic carbocycles. The zero-order chi connectivity index (χ0) is 15.0. The second-order valence-corrected chi connectivity index (χ2v) is 4.84. The third-order valence-corrected chi connectivity index (χ3v) is 3.52. The van der Waals surface area contributed by atoms with Crippen molar-refractivity contribution in [2.75, 3.05) is 7.11 Å². The largest absolute Gasteiger partial charge is 0.497 e. The minimum absolute atomic E-state index is 0.287. The molecule has 1 N–H and O–H groups in total. The van der Waals surface area contributed by atoms with E-state index in [1.165, 1.54) is 0 Å². The molecule has 21 heavy (non-hydrogen) atoms. The van der Waals surface area contributed by atoms with Gasteiger partial charge in [-0.15, -0.1) is 0 Å². The number of nitrogens with zero attached hydrogens (tertiary/aromatic N) is 1. The Balaban J connectivity index is 2.34. The van der Waals surface area contributed by atoms with Gasteiger partial charge < -0.3 is 9.72 Å². The van der Waals surface area contributed by atoms with Gasteiger partial charge in [0.25, 0.3) is 5.56 Å². The Morgan fingerprint density at radius 2 is 1.81 bits per heavy atom. The molecule has 0 bridgehead atoms. The average molecular weight is 303 g/mol. The molecule has 0 aliphatic rings. The quantitative estimate of drug-likeness (QED) is 0.790. The number of halogens is 1. The second-order valence-electron chi connectivity index (χ2n) is 4.43.